The highest BCUT2D eigenvalue weighted by Gasteiger charge is 2.30. The number of aliphatic hydroxyl groups is 1. The van der Waals surface area contributed by atoms with E-state index in [0.29, 0.717) is 31.6 Å². The summed E-state index contributed by atoms with van der Waals surface area (Å²) in [4.78, 5) is 73.1. The molecule has 0 saturated carbocycles. The van der Waals surface area contributed by atoms with Crippen molar-refractivity contribution in [3.63, 3.8) is 0 Å². The molecule has 0 amide bonds. The zero-order valence-electron chi connectivity index (χ0n) is 68.3. The van der Waals surface area contributed by atoms with Gasteiger partial charge in [0.25, 0.3) is 0 Å². The molecule has 0 rings (SSSR count). The number of unbranched alkanes of at least 4 members (excludes halogenated alkanes) is 53. The number of carbonyl (C=O) groups excluding carboxylic acids is 4. The van der Waals surface area contributed by atoms with Gasteiger partial charge in [-0.1, -0.05) is 401 Å². The SMILES string of the molecule is CCCCCCCCCCCCCCCCCCCCCC(=O)OC[C@H](COP(=O)(O)OC[C@@H](O)COP(=O)(O)OC[C@@H](COC(=O)CCCCCCCCCC(C)C)OC(=O)CCCCCCCCCCCCCCC)OC(=O)CCCCCCCCCCCCCCCCCCCCC(C)CC. The molecule has 0 aromatic heterocycles. The minimum atomic E-state index is -4.97. The minimum Gasteiger partial charge on any atom is -0.462 e. The summed E-state index contributed by atoms with van der Waals surface area (Å²) in [5, 5.41) is 10.7. The smallest absolute Gasteiger partial charge is 0.462 e. The van der Waals surface area contributed by atoms with Gasteiger partial charge in [-0.25, -0.2) is 9.13 Å². The van der Waals surface area contributed by atoms with E-state index in [9.17, 15) is 43.2 Å². The minimum absolute atomic E-state index is 0.107. The number of aliphatic hydroxyl groups excluding tert-OH is 1. The molecule has 618 valence electrons. The first-order valence-corrected chi connectivity index (χ1v) is 47.0. The van der Waals surface area contributed by atoms with Crippen molar-refractivity contribution in [1.29, 1.82) is 0 Å². The van der Waals surface area contributed by atoms with Crippen LogP contribution in [0, 0.1) is 11.8 Å². The number of ether oxygens (including phenoxy) is 4. The normalized spacial score (nSPS) is 14.1. The molecule has 0 saturated heterocycles. The van der Waals surface area contributed by atoms with Gasteiger partial charge in [-0.15, -0.1) is 0 Å². The summed E-state index contributed by atoms with van der Waals surface area (Å²) in [5.41, 5.74) is 0. The lowest BCUT2D eigenvalue weighted by molar-refractivity contribution is -0.161. The maximum Gasteiger partial charge on any atom is 0.472 e. The Morgan fingerprint density at radius 3 is 0.731 bits per heavy atom. The second kappa shape index (κ2) is 76.4. The van der Waals surface area contributed by atoms with Crippen molar-refractivity contribution >= 4 is 39.5 Å². The summed E-state index contributed by atoms with van der Waals surface area (Å²) in [5.74, 6) is -0.528. The van der Waals surface area contributed by atoms with Gasteiger partial charge in [0.1, 0.15) is 19.3 Å². The largest absolute Gasteiger partial charge is 0.472 e. The highest BCUT2D eigenvalue weighted by Crippen LogP contribution is 2.45. The molecule has 104 heavy (non-hydrogen) atoms. The van der Waals surface area contributed by atoms with Crippen molar-refractivity contribution in [1.82, 2.24) is 0 Å². The average Bonchev–Trinajstić information content (AvgIpc) is 0.913. The van der Waals surface area contributed by atoms with Gasteiger partial charge in [0.2, 0.25) is 0 Å². The number of esters is 4. The summed E-state index contributed by atoms with van der Waals surface area (Å²) >= 11 is 0. The fourth-order valence-corrected chi connectivity index (χ4v) is 14.8. The van der Waals surface area contributed by atoms with Gasteiger partial charge in [-0.05, 0) is 37.5 Å². The van der Waals surface area contributed by atoms with E-state index in [2.05, 4.69) is 41.5 Å². The third kappa shape index (κ3) is 76.8. The Kier molecular flexibility index (Phi) is 75.0. The number of phosphoric ester groups is 2. The van der Waals surface area contributed by atoms with E-state index in [1.54, 1.807) is 0 Å². The highest BCUT2D eigenvalue weighted by atomic mass is 31.2. The number of hydrogen-bond acceptors (Lipinski definition) is 15. The molecule has 17 nitrogen and oxygen atoms in total. The molecule has 3 N–H and O–H groups in total. The van der Waals surface area contributed by atoms with Crippen molar-refractivity contribution in [2.45, 2.75) is 471 Å². The van der Waals surface area contributed by atoms with Crippen molar-refractivity contribution < 1.29 is 80.2 Å². The van der Waals surface area contributed by atoms with Crippen molar-refractivity contribution in [2.24, 2.45) is 11.8 Å². The van der Waals surface area contributed by atoms with Crippen LogP contribution in [0.1, 0.15) is 452 Å². The Morgan fingerprint density at radius 1 is 0.279 bits per heavy atom. The molecule has 0 radical (unpaired) electrons. The van der Waals surface area contributed by atoms with E-state index in [0.717, 1.165) is 102 Å². The number of phosphoric acid groups is 2. The van der Waals surface area contributed by atoms with Crippen LogP contribution in [0.15, 0.2) is 0 Å². The molecule has 0 aliphatic heterocycles. The van der Waals surface area contributed by atoms with Gasteiger partial charge in [0, 0.05) is 25.7 Å². The van der Waals surface area contributed by atoms with Gasteiger partial charge in [-0.3, -0.25) is 37.3 Å². The quantitative estimate of drug-likeness (QED) is 0.0222. The van der Waals surface area contributed by atoms with Crippen LogP contribution in [0.2, 0.25) is 0 Å². The predicted molar refractivity (Wildman–Crippen MR) is 428 cm³/mol. The van der Waals surface area contributed by atoms with Crippen LogP contribution in [0.5, 0.6) is 0 Å². The van der Waals surface area contributed by atoms with E-state index < -0.39 is 97.5 Å². The van der Waals surface area contributed by atoms with E-state index in [4.69, 9.17) is 37.0 Å². The second-order valence-corrected chi connectivity index (χ2v) is 34.2. The van der Waals surface area contributed by atoms with Crippen molar-refractivity contribution in [3.05, 3.63) is 0 Å². The Hall–Kier alpha value is -1.94. The average molecular weight is 1520 g/mol. The standard InChI is InChI=1S/C85H166O17P2/c1-7-10-12-14-16-18-20-22-23-24-25-29-32-36-39-43-49-55-61-67-82(87)95-73-80(101-85(90)70-64-58-51-45-41-37-33-30-27-26-28-31-35-38-42-48-54-60-66-78(6)9-3)75-99-103(91,92)97-71-79(86)72-98-104(93,94)100-76-81(74-96-83(88)68-62-56-52-46-47-53-59-65-77(4)5)102-84(89)69-63-57-50-44-40-34-21-19-17-15-13-11-8-2/h77-81,86H,7-76H2,1-6H3,(H,91,92)(H,93,94)/t78?,79-,80-,81-/m1/s1. The van der Waals surface area contributed by atoms with Crippen LogP contribution in [-0.2, 0) is 65.4 Å². The maximum absolute atomic E-state index is 13.1. The Bertz CT molecular complexity index is 2000. The van der Waals surface area contributed by atoms with Gasteiger partial charge in [0.05, 0.1) is 26.4 Å². The molecule has 0 heterocycles. The Labute approximate surface area is 638 Å². The van der Waals surface area contributed by atoms with Gasteiger partial charge in [-0.2, -0.15) is 0 Å². The molecule has 0 fully saturated rings. The third-order valence-corrected chi connectivity index (χ3v) is 22.2. The van der Waals surface area contributed by atoms with Crippen LogP contribution < -0.4 is 0 Å². The number of hydrogen-bond donors (Lipinski definition) is 3. The summed E-state index contributed by atoms with van der Waals surface area (Å²) in [7, 11) is -9.92. The van der Waals surface area contributed by atoms with Crippen LogP contribution in [0.3, 0.4) is 0 Å². The first-order valence-electron chi connectivity index (χ1n) is 44.0. The lowest BCUT2D eigenvalue weighted by atomic mass is 9.99. The number of rotatable bonds is 84. The van der Waals surface area contributed by atoms with E-state index in [1.807, 2.05) is 0 Å². The summed E-state index contributed by atoms with van der Waals surface area (Å²) in [6.07, 6.45) is 68.1. The van der Waals surface area contributed by atoms with Crippen LogP contribution >= 0.6 is 15.6 Å². The molecule has 0 spiro atoms. The molecular weight excluding hydrogens is 1350 g/mol. The molecule has 19 heteroatoms. The molecule has 0 aliphatic rings. The van der Waals surface area contributed by atoms with E-state index in [1.165, 1.54) is 263 Å². The van der Waals surface area contributed by atoms with E-state index >= 15 is 0 Å². The number of carbonyl (C=O) groups is 4. The molecule has 3 unspecified atom stereocenters. The maximum atomic E-state index is 13.1. The Morgan fingerprint density at radius 2 is 0.490 bits per heavy atom. The highest BCUT2D eigenvalue weighted by molar-refractivity contribution is 7.47. The van der Waals surface area contributed by atoms with Crippen LogP contribution in [-0.4, -0.2) is 96.7 Å². The lowest BCUT2D eigenvalue weighted by Gasteiger charge is -2.21. The lowest BCUT2D eigenvalue weighted by Crippen LogP contribution is -2.30. The first kappa shape index (κ1) is 102. The fourth-order valence-electron chi connectivity index (χ4n) is 13.2. The summed E-state index contributed by atoms with van der Waals surface area (Å²) in [6.45, 7) is 9.67. The van der Waals surface area contributed by atoms with Gasteiger partial charge < -0.3 is 33.8 Å². The molecule has 0 aromatic carbocycles. The monoisotopic (exact) mass is 1520 g/mol. The van der Waals surface area contributed by atoms with Crippen LogP contribution in [0.25, 0.3) is 0 Å². The first-order chi connectivity index (χ1) is 50.4. The zero-order valence-corrected chi connectivity index (χ0v) is 70.1. The third-order valence-electron chi connectivity index (χ3n) is 20.3. The molecule has 6 atom stereocenters. The van der Waals surface area contributed by atoms with Gasteiger partial charge >= 0.3 is 39.5 Å². The predicted octanol–water partition coefficient (Wildman–Crippen LogP) is 25.8. The van der Waals surface area contributed by atoms with Gasteiger partial charge in [0.15, 0.2) is 12.2 Å². The van der Waals surface area contributed by atoms with Crippen molar-refractivity contribution in [2.75, 3.05) is 39.6 Å². The molecule has 0 aliphatic carbocycles. The molecular formula is C85H166O17P2. The molecule has 0 aromatic rings. The van der Waals surface area contributed by atoms with Crippen LogP contribution in [0.4, 0.5) is 0 Å². The summed E-state index contributed by atoms with van der Waals surface area (Å²) in [6, 6.07) is 0. The van der Waals surface area contributed by atoms with Crippen molar-refractivity contribution in [3.8, 4) is 0 Å². The topological polar surface area (TPSA) is 237 Å². The zero-order chi connectivity index (χ0) is 76.4. The fraction of sp³-hybridized carbons (Fsp3) is 0.953. The molecule has 0 bridgehead atoms. The van der Waals surface area contributed by atoms with E-state index in [-0.39, 0.29) is 25.7 Å². The Balaban J connectivity index is 5.21. The second-order valence-electron chi connectivity index (χ2n) is 31.3. The summed E-state index contributed by atoms with van der Waals surface area (Å²) < 4.78 is 68.8.